The van der Waals surface area contributed by atoms with Gasteiger partial charge < -0.3 is 20.9 Å². The van der Waals surface area contributed by atoms with Gasteiger partial charge in [0, 0.05) is 11.4 Å². The molecule has 0 unspecified atom stereocenters. The number of anilines is 2. The second kappa shape index (κ2) is 9.21. The first-order valence-electron chi connectivity index (χ1n) is 9.60. The normalized spacial score (nSPS) is 10.6. The third-order valence-corrected chi connectivity index (χ3v) is 5.21. The number of ether oxygens (including phenoxy) is 2. The van der Waals surface area contributed by atoms with Gasteiger partial charge in [-0.2, -0.15) is 0 Å². The van der Waals surface area contributed by atoms with Crippen LogP contribution in [-0.4, -0.2) is 0 Å². The minimum atomic E-state index is 0.531. The van der Waals surface area contributed by atoms with Crippen molar-refractivity contribution in [1.82, 2.24) is 0 Å². The average Bonchev–Trinajstić information content (AvgIpc) is 2.75. The Labute approximate surface area is 190 Å². The summed E-state index contributed by atoms with van der Waals surface area (Å²) < 4.78 is 11.7. The van der Waals surface area contributed by atoms with Gasteiger partial charge in [-0.15, -0.1) is 0 Å². The number of nitrogens with two attached hydrogens (primary N) is 2. The molecule has 31 heavy (non-hydrogen) atoms. The number of rotatable bonds is 6. The highest BCUT2D eigenvalue weighted by Crippen LogP contribution is 2.33. The molecule has 0 aliphatic heterocycles. The molecule has 4 rings (SSSR count). The van der Waals surface area contributed by atoms with Crippen molar-refractivity contribution < 1.29 is 9.47 Å². The zero-order valence-corrected chi connectivity index (χ0v) is 18.0. The molecule has 0 aliphatic carbocycles. The Balaban J connectivity index is 1.44. The van der Waals surface area contributed by atoms with Crippen molar-refractivity contribution in [2.45, 2.75) is 6.42 Å². The quantitative estimate of drug-likeness (QED) is 0.301. The summed E-state index contributed by atoms with van der Waals surface area (Å²) in [7, 11) is 0. The second-order valence-electron chi connectivity index (χ2n) is 7.05. The summed E-state index contributed by atoms with van der Waals surface area (Å²) in [5.41, 5.74) is 14.8. The molecule has 4 aromatic rings. The first-order chi connectivity index (χ1) is 15.0. The Kier molecular flexibility index (Phi) is 6.21. The van der Waals surface area contributed by atoms with Crippen LogP contribution in [0.2, 0.25) is 10.0 Å². The van der Waals surface area contributed by atoms with Crippen molar-refractivity contribution in [3.8, 4) is 23.0 Å². The lowest BCUT2D eigenvalue weighted by atomic mass is 10.0. The molecule has 0 spiro atoms. The highest BCUT2D eigenvalue weighted by Gasteiger charge is 2.08. The molecule has 0 bridgehead atoms. The Morgan fingerprint density at radius 3 is 1.29 bits per heavy atom. The summed E-state index contributed by atoms with van der Waals surface area (Å²) >= 11 is 12.9. The predicted octanol–water partition coefficient (Wildman–Crippen LogP) is 7.33. The molecule has 0 saturated carbocycles. The molecule has 0 aromatic heterocycles. The molecule has 4 nitrogen and oxygen atoms in total. The van der Waals surface area contributed by atoms with Gasteiger partial charge >= 0.3 is 0 Å². The predicted molar refractivity (Wildman–Crippen MR) is 128 cm³/mol. The number of hydrogen-bond donors (Lipinski definition) is 2. The highest BCUT2D eigenvalue weighted by atomic mass is 35.5. The van der Waals surface area contributed by atoms with Crippen LogP contribution in [0.15, 0.2) is 84.9 Å². The molecule has 4 N–H and O–H groups in total. The van der Waals surface area contributed by atoms with Crippen LogP contribution in [0.3, 0.4) is 0 Å². The van der Waals surface area contributed by atoms with Gasteiger partial charge in [-0.3, -0.25) is 0 Å². The molecule has 0 heterocycles. The molecule has 0 saturated heterocycles. The van der Waals surface area contributed by atoms with Crippen LogP contribution < -0.4 is 20.9 Å². The van der Waals surface area contributed by atoms with Gasteiger partial charge in [0.2, 0.25) is 0 Å². The average molecular weight is 451 g/mol. The minimum Gasteiger partial charge on any atom is -0.456 e. The SMILES string of the molecule is Nc1ccc(Oc2ccc(Cc3ccc(Oc4ccc(N)cc4)c(Cl)c3)cc2Cl)cc1. The smallest absolute Gasteiger partial charge is 0.146 e. The minimum absolute atomic E-state index is 0.531. The summed E-state index contributed by atoms with van der Waals surface area (Å²) in [6.45, 7) is 0. The third-order valence-electron chi connectivity index (χ3n) is 4.62. The Bertz CT molecular complexity index is 1100. The third kappa shape index (κ3) is 5.43. The van der Waals surface area contributed by atoms with E-state index in [2.05, 4.69) is 0 Å². The monoisotopic (exact) mass is 450 g/mol. The van der Waals surface area contributed by atoms with Crippen molar-refractivity contribution in [3.05, 3.63) is 106 Å². The highest BCUT2D eigenvalue weighted by molar-refractivity contribution is 6.32. The largest absolute Gasteiger partial charge is 0.456 e. The van der Waals surface area contributed by atoms with Crippen LogP contribution in [0.25, 0.3) is 0 Å². The summed E-state index contributed by atoms with van der Waals surface area (Å²) in [6.07, 6.45) is 0.670. The molecule has 0 radical (unpaired) electrons. The Morgan fingerprint density at radius 1 is 0.548 bits per heavy atom. The lowest BCUT2D eigenvalue weighted by Crippen LogP contribution is -1.92. The molecule has 0 fully saturated rings. The zero-order valence-electron chi connectivity index (χ0n) is 16.5. The molecule has 0 atom stereocenters. The molecule has 0 amide bonds. The van der Waals surface area contributed by atoms with E-state index in [9.17, 15) is 0 Å². The molecule has 0 aliphatic rings. The van der Waals surface area contributed by atoms with Gasteiger partial charge in [0.25, 0.3) is 0 Å². The van der Waals surface area contributed by atoms with Gasteiger partial charge in [-0.05, 0) is 90.3 Å². The van der Waals surface area contributed by atoms with Gasteiger partial charge in [0.1, 0.15) is 23.0 Å². The van der Waals surface area contributed by atoms with Crippen LogP contribution in [-0.2, 0) is 6.42 Å². The molecule has 156 valence electrons. The van der Waals surface area contributed by atoms with Gasteiger partial charge in [-0.1, -0.05) is 35.3 Å². The first-order valence-corrected chi connectivity index (χ1v) is 10.4. The van der Waals surface area contributed by atoms with E-state index in [1.807, 2.05) is 36.4 Å². The molecule has 6 heteroatoms. The molecular formula is C25H20Cl2N2O2. The maximum Gasteiger partial charge on any atom is 0.146 e. The van der Waals surface area contributed by atoms with E-state index in [4.69, 9.17) is 44.1 Å². The van der Waals surface area contributed by atoms with E-state index in [0.717, 1.165) is 11.1 Å². The van der Waals surface area contributed by atoms with E-state index < -0.39 is 0 Å². The molecular weight excluding hydrogens is 431 g/mol. The summed E-state index contributed by atoms with van der Waals surface area (Å²) in [6, 6.07) is 25.8. The lowest BCUT2D eigenvalue weighted by molar-refractivity contribution is 0.483. The lowest BCUT2D eigenvalue weighted by Gasteiger charge is -2.11. The number of benzene rings is 4. The fourth-order valence-electron chi connectivity index (χ4n) is 3.04. The van der Waals surface area contributed by atoms with Crippen LogP contribution in [0.5, 0.6) is 23.0 Å². The Morgan fingerprint density at radius 2 is 0.935 bits per heavy atom. The van der Waals surface area contributed by atoms with Gasteiger partial charge in [0.15, 0.2) is 0 Å². The summed E-state index contributed by atoms with van der Waals surface area (Å²) in [5, 5.41) is 1.06. The standard InChI is InChI=1S/C25H20Cl2N2O2/c26-22-14-16(1-11-24(22)30-20-7-3-18(28)4-8-20)13-17-2-12-25(23(27)15-17)31-21-9-5-19(29)6-10-21/h1-12,14-15H,13,28-29H2. The van der Waals surface area contributed by atoms with Crippen molar-refractivity contribution in [2.75, 3.05) is 11.5 Å². The first kappa shape index (κ1) is 20.9. The second-order valence-corrected chi connectivity index (χ2v) is 7.86. The van der Waals surface area contributed by atoms with E-state index in [1.165, 1.54) is 0 Å². The van der Waals surface area contributed by atoms with Crippen molar-refractivity contribution in [2.24, 2.45) is 0 Å². The van der Waals surface area contributed by atoms with Gasteiger partial charge in [-0.25, -0.2) is 0 Å². The van der Waals surface area contributed by atoms with Crippen LogP contribution in [0.1, 0.15) is 11.1 Å². The fourth-order valence-corrected chi connectivity index (χ4v) is 3.52. The topological polar surface area (TPSA) is 70.5 Å². The number of halogens is 2. The van der Waals surface area contributed by atoms with Crippen LogP contribution in [0, 0.1) is 0 Å². The van der Waals surface area contributed by atoms with E-state index in [0.29, 0.717) is 50.8 Å². The van der Waals surface area contributed by atoms with Crippen molar-refractivity contribution >= 4 is 34.6 Å². The van der Waals surface area contributed by atoms with Crippen LogP contribution >= 0.6 is 23.2 Å². The number of nitrogen functional groups attached to an aromatic ring is 2. The zero-order chi connectivity index (χ0) is 21.8. The van der Waals surface area contributed by atoms with E-state index in [-0.39, 0.29) is 0 Å². The Hall–Kier alpha value is -3.34. The van der Waals surface area contributed by atoms with Crippen molar-refractivity contribution in [3.63, 3.8) is 0 Å². The van der Waals surface area contributed by atoms with Crippen LogP contribution in [0.4, 0.5) is 11.4 Å². The summed E-state index contributed by atoms with van der Waals surface area (Å²) in [4.78, 5) is 0. The van der Waals surface area contributed by atoms with E-state index >= 15 is 0 Å². The van der Waals surface area contributed by atoms with Crippen molar-refractivity contribution in [1.29, 1.82) is 0 Å². The van der Waals surface area contributed by atoms with E-state index in [1.54, 1.807) is 48.5 Å². The number of hydrogen-bond acceptors (Lipinski definition) is 4. The molecule has 4 aromatic carbocycles. The van der Waals surface area contributed by atoms with Gasteiger partial charge in [0.05, 0.1) is 10.0 Å². The maximum atomic E-state index is 6.43. The maximum absolute atomic E-state index is 6.43. The fraction of sp³-hybridized carbons (Fsp3) is 0.0400. The summed E-state index contributed by atoms with van der Waals surface area (Å²) in [5.74, 6) is 2.51.